The topological polar surface area (TPSA) is 34.1 Å². The van der Waals surface area contributed by atoms with Gasteiger partial charge >= 0.3 is 0 Å². The van der Waals surface area contributed by atoms with E-state index < -0.39 is 13.0 Å². The van der Waals surface area contributed by atoms with Crippen molar-refractivity contribution in [2.75, 3.05) is 5.75 Å². The van der Waals surface area contributed by atoms with Crippen LogP contribution in [0.3, 0.4) is 0 Å². The molecule has 0 amide bonds. The van der Waals surface area contributed by atoms with E-state index in [1.807, 2.05) is 6.92 Å². The number of halogens is 2. The molecule has 0 spiro atoms. The van der Waals surface area contributed by atoms with Gasteiger partial charge in [0.25, 0.3) is 0 Å². The molecule has 0 saturated heterocycles. The Balaban J connectivity index is 3.75. The van der Waals surface area contributed by atoms with Gasteiger partial charge in [-0.3, -0.25) is 0 Å². The second-order valence-electron chi connectivity index (χ2n) is 1.93. The van der Waals surface area contributed by atoms with E-state index in [1.165, 1.54) is 0 Å². The van der Waals surface area contributed by atoms with E-state index in [2.05, 4.69) is 0 Å². The summed E-state index contributed by atoms with van der Waals surface area (Å²) in [5, 5.41) is 0. The van der Waals surface area contributed by atoms with Gasteiger partial charge in [-0.1, -0.05) is 36.5 Å². The quantitative estimate of drug-likeness (QED) is 0.418. The highest BCUT2D eigenvalue weighted by molar-refractivity contribution is 8.72. The molecule has 0 rings (SSSR count). The van der Waals surface area contributed by atoms with Crippen LogP contribution in [-0.2, 0) is 8.87 Å². The average Bonchev–Trinajstić information content (AvgIpc) is 1.88. The first-order chi connectivity index (χ1) is 5.00. The van der Waals surface area contributed by atoms with Crippen molar-refractivity contribution in [3.8, 4) is 0 Å². The first-order valence-electron chi connectivity index (χ1n) is 3.17. The minimum atomic E-state index is -3.32. The van der Waals surface area contributed by atoms with Crippen LogP contribution in [0.15, 0.2) is 0 Å². The molecule has 0 saturated carbocycles. The van der Waals surface area contributed by atoms with Gasteiger partial charge < -0.3 is 0 Å². The zero-order chi connectivity index (χ0) is 8.91. The van der Waals surface area contributed by atoms with Crippen molar-refractivity contribution in [3.05, 3.63) is 0 Å². The maximum absolute atomic E-state index is 10.9. The monoisotopic (exact) mass is 236 g/mol. The smallest absolute Gasteiger partial charge is 0.215 e. The summed E-state index contributed by atoms with van der Waals surface area (Å²) in [6.07, 6.45) is 1.84. The summed E-state index contributed by atoms with van der Waals surface area (Å²) < 4.78 is 20.5. The Hall–Kier alpha value is 0.880. The van der Waals surface area contributed by atoms with E-state index >= 15 is 0 Å². The van der Waals surface area contributed by atoms with Crippen LogP contribution in [0.5, 0.6) is 0 Å². The largest absolute Gasteiger partial charge is 0.232 e. The van der Waals surface area contributed by atoms with Gasteiger partial charge in [-0.15, -0.1) is 0 Å². The van der Waals surface area contributed by atoms with Gasteiger partial charge in [0, 0.05) is 5.75 Å². The fraction of sp³-hybridized carbons (Fsp3) is 1.00. The Morgan fingerprint density at radius 2 is 2.00 bits per heavy atom. The van der Waals surface area contributed by atoms with E-state index in [0.29, 0.717) is 5.75 Å². The number of hydrogen-bond donors (Lipinski definition) is 0. The molecule has 0 aromatic heterocycles. The predicted molar refractivity (Wildman–Crippen MR) is 51.8 cm³/mol. The summed E-state index contributed by atoms with van der Waals surface area (Å²) in [5.74, 6) is 0.564. The Kier molecular flexibility index (Phi) is 5.95. The Morgan fingerprint density at radius 3 is 2.36 bits per heavy atom. The first kappa shape index (κ1) is 11.9. The Bertz CT molecular complexity index is 189. The minimum Gasteiger partial charge on any atom is -0.215 e. The van der Waals surface area contributed by atoms with Crippen LogP contribution in [0, 0.1) is 0 Å². The maximum Gasteiger partial charge on any atom is 0.232 e. The molecule has 0 radical (unpaired) electrons. The third-order valence-corrected chi connectivity index (χ3v) is 6.29. The van der Waals surface area contributed by atoms with Crippen LogP contribution in [-0.4, -0.2) is 18.3 Å². The number of rotatable bonds is 5. The third-order valence-electron chi connectivity index (χ3n) is 0.964. The van der Waals surface area contributed by atoms with Crippen molar-refractivity contribution in [2.45, 2.75) is 23.9 Å². The Morgan fingerprint density at radius 1 is 1.45 bits per heavy atom. The number of unbranched alkanes of at least 4 members (excludes halogenated alkanes) is 1. The summed E-state index contributed by atoms with van der Waals surface area (Å²) in [5.41, 5.74) is 0. The first-order valence-corrected chi connectivity index (χ1v) is 7.09. The van der Waals surface area contributed by atoms with Crippen LogP contribution >= 0.6 is 34.0 Å². The molecular weight excluding hydrogens is 227 g/mol. The molecule has 0 bridgehead atoms. The minimum absolute atomic E-state index is 0.564. The predicted octanol–water partition coefficient (Wildman–Crippen LogP) is 2.61. The summed E-state index contributed by atoms with van der Waals surface area (Å²) in [6.45, 7) is 1.99. The van der Waals surface area contributed by atoms with Crippen LogP contribution in [0.1, 0.15) is 19.8 Å². The fourth-order valence-electron chi connectivity index (χ4n) is 0.371. The molecule has 0 aliphatic rings. The summed E-state index contributed by atoms with van der Waals surface area (Å²) >= 11 is 10.4. The average molecular weight is 237 g/mol. The molecule has 0 aromatic rings. The normalized spacial score (nSPS) is 12.4. The van der Waals surface area contributed by atoms with Gasteiger partial charge in [0.05, 0.1) is 0 Å². The highest BCUT2D eigenvalue weighted by Gasteiger charge is 2.19. The van der Waals surface area contributed by atoms with Crippen LogP contribution in [0.2, 0.25) is 0 Å². The van der Waals surface area contributed by atoms with Crippen molar-refractivity contribution in [1.82, 2.24) is 0 Å². The van der Waals surface area contributed by atoms with Crippen molar-refractivity contribution >= 4 is 42.9 Å². The summed E-state index contributed by atoms with van der Waals surface area (Å²) in [7, 11) is -2.50. The van der Waals surface area contributed by atoms with E-state index in [0.717, 1.165) is 23.6 Å². The molecule has 0 aromatic carbocycles. The lowest BCUT2D eigenvalue weighted by Gasteiger charge is -2.01. The van der Waals surface area contributed by atoms with E-state index in [-0.39, 0.29) is 0 Å². The van der Waals surface area contributed by atoms with E-state index in [9.17, 15) is 8.42 Å². The lowest BCUT2D eigenvalue weighted by molar-refractivity contribution is 0.612. The molecular formula is C5H10Cl2O2S2. The van der Waals surface area contributed by atoms with E-state index in [1.54, 1.807) is 0 Å². The van der Waals surface area contributed by atoms with Gasteiger partial charge in [0.15, 0.2) is 0 Å². The standard InChI is InChI=1S/C5H10Cl2O2S2/c1-2-3-4-10-11(8,9)5(6)7/h5H,2-4H2,1H3. The van der Waals surface area contributed by atoms with Crippen molar-refractivity contribution in [3.63, 3.8) is 0 Å². The highest BCUT2D eigenvalue weighted by atomic mass is 35.5. The molecule has 0 aliphatic heterocycles. The van der Waals surface area contributed by atoms with Crippen LogP contribution in [0.25, 0.3) is 0 Å². The molecule has 0 N–H and O–H groups in total. The zero-order valence-corrected chi connectivity index (χ0v) is 9.23. The van der Waals surface area contributed by atoms with Gasteiger partial charge in [-0.05, 0) is 17.2 Å². The number of alkyl halides is 2. The molecule has 68 valence electrons. The summed E-state index contributed by atoms with van der Waals surface area (Å²) in [6, 6.07) is 0. The lowest BCUT2D eigenvalue weighted by Crippen LogP contribution is -2.04. The van der Waals surface area contributed by atoms with Crippen molar-refractivity contribution < 1.29 is 8.42 Å². The SMILES string of the molecule is CCCCSS(=O)(=O)C(Cl)Cl. The maximum atomic E-state index is 10.9. The molecule has 0 aliphatic carbocycles. The van der Waals surface area contributed by atoms with Crippen LogP contribution < -0.4 is 0 Å². The molecule has 0 heterocycles. The zero-order valence-electron chi connectivity index (χ0n) is 6.09. The third kappa shape index (κ3) is 5.17. The second-order valence-corrected chi connectivity index (χ2v) is 7.74. The molecule has 6 heteroatoms. The van der Waals surface area contributed by atoms with Gasteiger partial charge in [-0.25, -0.2) is 8.42 Å². The molecule has 0 atom stereocenters. The summed E-state index contributed by atoms with van der Waals surface area (Å²) in [4.78, 5) is 0. The highest BCUT2D eigenvalue weighted by Crippen LogP contribution is 2.24. The molecule has 11 heavy (non-hydrogen) atoms. The van der Waals surface area contributed by atoms with Gasteiger partial charge in [0.2, 0.25) is 13.0 Å². The van der Waals surface area contributed by atoms with Gasteiger partial charge in [-0.2, -0.15) is 0 Å². The molecule has 0 unspecified atom stereocenters. The number of hydrogen-bond acceptors (Lipinski definition) is 3. The lowest BCUT2D eigenvalue weighted by atomic mass is 10.4. The van der Waals surface area contributed by atoms with Crippen molar-refractivity contribution in [2.24, 2.45) is 0 Å². The molecule has 2 nitrogen and oxygen atoms in total. The van der Waals surface area contributed by atoms with Crippen molar-refractivity contribution in [1.29, 1.82) is 0 Å². The second kappa shape index (κ2) is 5.51. The molecule has 0 fully saturated rings. The van der Waals surface area contributed by atoms with Gasteiger partial charge in [0.1, 0.15) is 0 Å². The Labute approximate surface area is 81.0 Å². The van der Waals surface area contributed by atoms with Crippen LogP contribution in [0.4, 0.5) is 0 Å². The van der Waals surface area contributed by atoms with E-state index in [4.69, 9.17) is 23.2 Å². The fourth-order valence-corrected chi connectivity index (χ4v) is 3.40.